The lowest BCUT2D eigenvalue weighted by molar-refractivity contribution is -0.137. The van der Waals surface area contributed by atoms with Gasteiger partial charge in [0.25, 0.3) is 0 Å². The van der Waals surface area contributed by atoms with E-state index >= 15 is 0 Å². The molecule has 1 fully saturated rings. The second-order valence-corrected chi connectivity index (χ2v) is 9.41. The highest BCUT2D eigenvalue weighted by atomic mass is 16.5. The molecule has 2 aromatic rings. The van der Waals surface area contributed by atoms with Crippen LogP contribution in [0, 0.1) is 0 Å². The smallest absolute Gasteiger partial charge is 0.407 e. The molecule has 0 saturated heterocycles. The molecule has 0 spiro atoms. The molecule has 2 amide bonds. The topological polar surface area (TPSA) is 105 Å². The molecule has 1 atom stereocenters. The van der Waals surface area contributed by atoms with Crippen LogP contribution in [0.5, 0.6) is 0 Å². The fraction of sp³-hybridized carbons (Fsp3) is 0.444. The molecular weight excluding hydrogens is 432 g/mol. The van der Waals surface area contributed by atoms with Crippen LogP contribution < -0.4 is 10.6 Å². The highest BCUT2D eigenvalue weighted by Gasteiger charge is 2.46. The van der Waals surface area contributed by atoms with Crippen LogP contribution in [0.2, 0.25) is 0 Å². The van der Waals surface area contributed by atoms with E-state index in [-0.39, 0.29) is 31.3 Å². The van der Waals surface area contributed by atoms with Crippen LogP contribution in [-0.2, 0) is 14.3 Å². The van der Waals surface area contributed by atoms with Crippen molar-refractivity contribution >= 4 is 18.0 Å². The van der Waals surface area contributed by atoms with E-state index in [4.69, 9.17) is 9.84 Å². The predicted octanol–water partition coefficient (Wildman–Crippen LogP) is 4.60. The molecule has 3 N–H and O–H groups in total. The zero-order valence-electron chi connectivity index (χ0n) is 19.5. The zero-order chi connectivity index (χ0) is 24.1. The van der Waals surface area contributed by atoms with Crippen molar-refractivity contribution in [1.82, 2.24) is 10.6 Å². The Hall–Kier alpha value is -3.35. The Bertz CT molecular complexity index is 1020. The molecular formula is C27H32N2O5. The molecule has 2 aliphatic carbocycles. The molecule has 7 heteroatoms. The minimum absolute atomic E-state index is 0.0213. The maximum atomic E-state index is 12.6. The third kappa shape index (κ3) is 5.58. The Kier molecular flexibility index (Phi) is 7.20. The molecule has 7 nitrogen and oxygen atoms in total. The lowest BCUT2D eigenvalue weighted by Crippen LogP contribution is -2.44. The maximum absolute atomic E-state index is 12.6. The fourth-order valence-corrected chi connectivity index (χ4v) is 4.82. The van der Waals surface area contributed by atoms with Gasteiger partial charge in [-0.15, -0.1) is 0 Å². The van der Waals surface area contributed by atoms with Gasteiger partial charge in [-0.05, 0) is 41.5 Å². The van der Waals surface area contributed by atoms with E-state index in [9.17, 15) is 14.4 Å². The van der Waals surface area contributed by atoms with Crippen LogP contribution in [0.1, 0.15) is 68.9 Å². The number of ether oxygens (including phenoxy) is 1. The van der Waals surface area contributed by atoms with Crippen LogP contribution in [0.15, 0.2) is 48.5 Å². The molecule has 0 heterocycles. The van der Waals surface area contributed by atoms with Crippen molar-refractivity contribution in [1.29, 1.82) is 0 Å². The first-order valence-electron chi connectivity index (χ1n) is 12.0. The van der Waals surface area contributed by atoms with Crippen molar-refractivity contribution in [2.24, 2.45) is 0 Å². The summed E-state index contributed by atoms with van der Waals surface area (Å²) in [7, 11) is 0. The molecule has 2 aliphatic rings. The van der Waals surface area contributed by atoms with E-state index in [2.05, 4.69) is 34.9 Å². The molecule has 34 heavy (non-hydrogen) atoms. The van der Waals surface area contributed by atoms with Gasteiger partial charge < -0.3 is 20.5 Å². The number of carboxylic acid groups (broad SMARTS) is 1. The van der Waals surface area contributed by atoms with Gasteiger partial charge in [0.1, 0.15) is 6.61 Å². The predicted molar refractivity (Wildman–Crippen MR) is 128 cm³/mol. The van der Waals surface area contributed by atoms with Gasteiger partial charge in [0.2, 0.25) is 5.91 Å². The molecule has 2 aromatic carbocycles. The number of fused-ring (bicyclic) bond motifs is 3. The molecule has 1 saturated carbocycles. The van der Waals surface area contributed by atoms with E-state index in [1.807, 2.05) is 31.2 Å². The summed E-state index contributed by atoms with van der Waals surface area (Å²) in [5.74, 6) is -1.19. The van der Waals surface area contributed by atoms with Crippen LogP contribution >= 0.6 is 0 Å². The standard InChI is InChI=1S/C27H32N2O5/c1-2-3-8-18(15-25(31)32)28-24(30)16-27(13-14-27)29-26(33)34-17-23-21-11-6-4-9-19(21)20-10-5-7-12-22(20)23/h4-7,9-12,18,23H,2-3,8,13-17H2,1H3,(H,28,30)(H,29,33)(H,31,32). The Morgan fingerprint density at radius 2 is 1.68 bits per heavy atom. The van der Waals surface area contributed by atoms with Gasteiger partial charge >= 0.3 is 12.1 Å². The summed E-state index contributed by atoms with van der Waals surface area (Å²) in [6, 6.07) is 15.9. The Balaban J connectivity index is 1.31. The number of aliphatic carboxylic acids is 1. The minimum atomic E-state index is -0.931. The lowest BCUT2D eigenvalue weighted by Gasteiger charge is -2.21. The summed E-state index contributed by atoms with van der Waals surface area (Å²) >= 11 is 0. The molecule has 0 bridgehead atoms. The molecule has 0 radical (unpaired) electrons. The van der Waals surface area contributed by atoms with Crippen molar-refractivity contribution in [3.05, 3.63) is 59.7 Å². The van der Waals surface area contributed by atoms with E-state index in [0.29, 0.717) is 19.3 Å². The Labute approximate surface area is 199 Å². The number of hydrogen-bond acceptors (Lipinski definition) is 4. The average molecular weight is 465 g/mol. The zero-order valence-corrected chi connectivity index (χ0v) is 19.5. The second kappa shape index (κ2) is 10.3. The molecule has 0 aromatic heterocycles. The van der Waals surface area contributed by atoms with Gasteiger partial charge in [-0.2, -0.15) is 0 Å². The van der Waals surface area contributed by atoms with Gasteiger partial charge in [-0.25, -0.2) is 4.79 Å². The summed E-state index contributed by atoms with van der Waals surface area (Å²) in [6.07, 6.45) is 3.30. The van der Waals surface area contributed by atoms with Gasteiger partial charge in [-0.3, -0.25) is 9.59 Å². The SMILES string of the molecule is CCCCC(CC(=O)O)NC(=O)CC1(NC(=O)OCC2c3ccccc3-c3ccccc32)CC1. The summed E-state index contributed by atoms with van der Waals surface area (Å²) in [5.41, 5.74) is 4.02. The third-order valence-electron chi connectivity index (χ3n) is 6.76. The normalized spacial score (nSPS) is 16.1. The Morgan fingerprint density at radius 3 is 2.24 bits per heavy atom. The van der Waals surface area contributed by atoms with Gasteiger partial charge in [0.15, 0.2) is 0 Å². The number of nitrogens with one attached hydrogen (secondary N) is 2. The number of unbranched alkanes of at least 4 members (excludes halogenated alkanes) is 1. The van der Waals surface area contributed by atoms with Crippen molar-refractivity contribution in [2.75, 3.05) is 6.61 Å². The number of carbonyl (C=O) groups is 3. The highest BCUT2D eigenvalue weighted by molar-refractivity contribution is 5.81. The van der Waals surface area contributed by atoms with Crippen molar-refractivity contribution < 1.29 is 24.2 Å². The molecule has 0 aliphatic heterocycles. The number of rotatable bonds is 11. The van der Waals surface area contributed by atoms with Crippen LogP contribution in [0.25, 0.3) is 11.1 Å². The van der Waals surface area contributed by atoms with Gasteiger partial charge in [0, 0.05) is 18.4 Å². The van der Waals surface area contributed by atoms with E-state index in [1.165, 1.54) is 11.1 Å². The van der Waals surface area contributed by atoms with Crippen LogP contribution in [0.3, 0.4) is 0 Å². The first kappa shape index (κ1) is 23.8. The van der Waals surface area contributed by atoms with E-state index in [0.717, 1.165) is 24.0 Å². The highest BCUT2D eigenvalue weighted by Crippen LogP contribution is 2.44. The largest absolute Gasteiger partial charge is 0.481 e. The second-order valence-electron chi connectivity index (χ2n) is 9.41. The van der Waals surface area contributed by atoms with Gasteiger partial charge in [-0.1, -0.05) is 68.3 Å². The summed E-state index contributed by atoms with van der Waals surface area (Å²) in [6.45, 7) is 2.25. The van der Waals surface area contributed by atoms with Crippen LogP contribution in [0.4, 0.5) is 4.79 Å². The van der Waals surface area contributed by atoms with E-state index < -0.39 is 23.6 Å². The van der Waals surface area contributed by atoms with E-state index in [1.54, 1.807) is 0 Å². The monoisotopic (exact) mass is 464 g/mol. The number of carboxylic acids is 1. The molecule has 4 rings (SSSR count). The summed E-state index contributed by atoms with van der Waals surface area (Å²) in [4.78, 5) is 36.3. The number of amides is 2. The first-order chi connectivity index (χ1) is 16.4. The fourth-order valence-electron chi connectivity index (χ4n) is 4.82. The minimum Gasteiger partial charge on any atom is -0.481 e. The maximum Gasteiger partial charge on any atom is 0.407 e. The van der Waals surface area contributed by atoms with Crippen LogP contribution in [-0.4, -0.2) is 41.3 Å². The number of carbonyl (C=O) groups excluding carboxylic acids is 2. The van der Waals surface area contributed by atoms with Crippen molar-refractivity contribution in [2.45, 2.75) is 69.4 Å². The first-order valence-corrected chi connectivity index (χ1v) is 12.0. The number of hydrogen-bond donors (Lipinski definition) is 3. The lowest BCUT2D eigenvalue weighted by atomic mass is 9.98. The quantitative estimate of drug-likeness (QED) is 0.451. The number of alkyl carbamates (subject to hydrolysis) is 1. The van der Waals surface area contributed by atoms with Crippen molar-refractivity contribution in [3.63, 3.8) is 0 Å². The molecule has 180 valence electrons. The third-order valence-corrected chi connectivity index (χ3v) is 6.76. The number of benzene rings is 2. The molecule has 1 unspecified atom stereocenters. The average Bonchev–Trinajstić information content (AvgIpc) is 3.47. The van der Waals surface area contributed by atoms with Gasteiger partial charge in [0.05, 0.1) is 12.0 Å². The summed E-state index contributed by atoms with van der Waals surface area (Å²) < 4.78 is 5.62. The summed E-state index contributed by atoms with van der Waals surface area (Å²) in [5, 5.41) is 14.8. The Morgan fingerprint density at radius 1 is 1.06 bits per heavy atom. The van der Waals surface area contributed by atoms with Crippen molar-refractivity contribution in [3.8, 4) is 11.1 Å².